The highest BCUT2D eigenvalue weighted by Crippen LogP contribution is 2.29. The Hall–Kier alpha value is -2.32. The average Bonchev–Trinajstić information content (AvgIpc) is 2.57. The second-order valence-electron chi connectivity index (χ2n) is 5.09. The molecule has 0 spiro atoms. The van der Waals surface area contributed by atoms with Crippen LogP contribution in [0.25, 0.3) is 0 Å². The molecule has 5 nitrogen and oxygen atoms in total. The fourth-order valence-corrected chi connectivity index (χ4v) is 2.23. The molecule has 0 aliphatic carbocycles. The molecule has 1 amide bonds. The van der Waals surface area contributed by atoms with E-state index in [0.29, 0.717) is 10.7 Å². The maximum atomic E-state index is 12.5. The molecule has 0 aliphatic rings. The summed E-state index contributed by atoms with van der Waals surface area (Å²) in [4.78, 5) is 27.6. The fourth-order valence-electron chi connectivity index (χ4n) is 1.82. The van der Waals surface area contributed by atoms with Gasteiger partial charge >= 0.3 is 12.1 Å². The minimum Gasteiger partial charge on any atom is -0.452 e. The summed E-state index contributed by atoms with van der Waals surface area (Å²) in [5.74, 6) is -1.62. The first kappa shape index (κ1) is 20.0. The van der Waals surface area contributed by atoms with E-state index in [-0.39, 0.29) is 16.4 Å². The van der Waals surface area contributed by atoms with Crippen molar-refractivity contribution in [2.75, 3.05) is 11.9 Å². The zero-order valence-corrected chi connectivity index (χ0v) is 14.7. The van der Waals surface area contributed by atoms with Crippen molar-refractivity contribution >= 4 is 40.9 Å². The lowest BCUT2D eigenvalue weighted by atomic mass is 10.1. The SMILES string of the molecule is Cc1nc(NC(=O)COC(=O)c2ccc(C(F)(F)F)cc2)c(Cl)cc1Cl. The number of hydrogen-bond acceptors (Lipinski definition) is 4. The van der Waals surface area contributed by atoms with Gasteiger partial charge in [-0.3, -0.25) is 4.79 Å². The van der Waals surface area contributed by atoms with E-state index < -0.39 is 30.2 Å². The van der Waals surface area contributed by atoms with Crippen LogP contribution >= 0.6 is 23.2 Å². The highest BCUT2D eigenvalue weighted by atomic mass is 35.5. The van der Waals surface area contributed by atoms with Crippen LogP contribution in [0.3, 0.4) is 0 Å². The molecule has 0 radical (unpaired) electrons. The number of ether oxygens (including phenoxy) is 1. The molecular weight excluding hydrogens is 396 g/mol. The summed E-state index contributed by atoms with van der Waals surface area (Å²) in [6.45, 7) is 0.943. The number of carbonyl (C=O) groups is 2. The lowest BCUT2D eigenvalue weighted by molar-refractivity contribution is -0.137. The van der Waals surface area contributed by atoms with Gasteiger partial charge in [0.2, 0.25) is 0 Å². The quantitative estimate of drug-likeness (QED) is 0.758. The molecule has 0 fully saturated rings. The van der Waals surface area contributed by atoms with Gasteiger partial charge in [-0.05, 0) is 37.3 Å². The summed E-state index contributed by atoms with van der Waals surface area (Å²) in [6, 6.07) is 4.82. The first-order chi connectivity index (χ1) is 12.1. The van der Waals surface area contributed by atoms with Gasteiger partial charge < -0.3 is 10.1 Å². The van der Waals surface area contributed by atoms with Crippen LogP contribution in [0.5, 0.6) is 0 Å². The zero-order valence-electron chi connectivity index (χ0n) is 13.2. The number of carbonyl (C=O) groups excluding carboxylic acids is 2. The topological polar surface area (TPSA) is 68.3 Å². The number of amides is 1. The van der Waals surface area contributed by atoms with E-state index in [4.69, 9.17) is 27.9 Å². The van der Waals surface area contributed by atoms with Crippen LogP contribution in [-0.4, -0.2) is 23.5 Å². The smallest absolute Gasteiger partial charge is 0.416 e. The highest BCUT2D eigenvalue weighted by Gasteiger charge is 2.30. The number of pyridine rings is 1. The molecule has 0 atom stereocenters. The Bertz CT molecular complexity index is 840. The van der Waals surface area contributed by atoms with E-state index in [1.807, 2.05) is 0 Å². The van der Waals surface area contributed by atoms with Gasteiger partial charge in [0.1, 0.15) is 0 Å². The lowest BCUT2D eigenvalue weighted by Crippen LogP contribution is -2.22. The number of benzene rings is 1. The van der Waals surface area contributed by atoms with Gasteiger partial charge in [-0.25, -0.2) is 9.78 Å². The van der Waals surface area contributed by atoms with Crippen molar-refractivity contribution in [2.24, 2.45) is 0 Å². The van der Waals surface area contributed by atoms with E-state index in [1.54, 1.807) is 6.92 Å². The molecule has 1 heterocycles. The van der Waals surface area contributed by atoms with E-state index >= 15 is 0 Å². The summed E-state index contributed by atoms with van der Waals surface area (Å²) >= 11 is 11.7. The van der Waals surface area contributed by atoms with Crippen molar-refractivity contribution in [3.63, 3.8) is 0 Å². The van der Waals surface area contributed by atoms with Crippen LogP contribution in [0.4, 0.5) is 19.0 Å². The number of aromatic nitrogens is 1. The Kier molecular flexibility index (Phi) is 6.09. The molecule has 0 unspecified atom stereocenters. The molecule has 0 saturated carbocycles. The second-order valence-corrected chi connectivity index (χ2v) is 5.90. The maximum absolute atomic E-state index is 12.5. The van der Waals surface area contributed by atoms with Crippen molar-refractivity contribution in [3.8, 4) is 0 Å². The van der Waals surface area contributed by atoms with Crippen molar-refractivity contribution in [1.82, 2.24) is 4.98 Å². The molecule has 10 heteroatoms. The van der Waals surface area contributed by atoms with Gasteiger partial charge in [-0.2, -0.15) is 13.2 Å². The highest BCUT2D eigenvalue weighted by molar-refractivity contribution is 6.36. The third-order valence-corrected chi connectivity index (χ3v) is 3.82. The summed E-state index contributed by atoms with van der Waals surface area (Å²) in [7, 11) is 0. The summed E-state index contributed by atoms with van der Waals surface area (Å²) in [6.07, 6.45) is -4.51. The van der Waals surface area contributed by atoms with E-state index in [0.717, 1.165) is 24.3 Å². The van der Waals surface area contributed by atoms with Crippen LogP contribution in [0.1, 0.15) is 21.6 Å². The third-order valence-electron chi connectivity index (χ3n) is 3.14. The minimum atomic E-state index is -4.51. The molecular formula is C16H11Cl2F3N2O3. The molecule has 1 N–H and O–H groups in total. The lowest BCUT2D eigenvalue weighted by Gasteiger charge is -2.09. The number of nitrogens with zero attached hydrogens (tertiary/aromatic N) is 1. The Balaban J connectivity index is 1.95. The van der Waals surface area contributed by atoms with Gasteiger partial charge in [-0.15, -0.1) is 0 Å². The first-order valence-electron chi connectivity index (χ1n) is 7.05. The Morgan fingerprint density at radius 1 is 1.15 bits per heavy atom. The molecule has 26 heavy (non-hydrogen) atoms. The van der Waals surface area contributed by atoms with Crippen LogP contribution in [0.15, 0.2) is 30.3 Å². The Morgan fingerprint density at radius 2 is 1.77 bits per heavy atom. The minimum absolute atomic E-state index is 0.0455. The molecule has 0 saturated heterocycles. The standard InChI is InChI=1S/C16H11Cl2F3N2O3/c1-8-11(17)6-12(18)14(22-8)23-13(24)7-26-15(25)9-2-4-10(5-3-9)16(19,20)21/h2-6H,7H2,1H3,(H,22,23,24). The Labute approximate surface area is 156 Å². The molecule has 2 rings (SSSR count). The third kappa shape index (κ3) is 5.09. The Morgan fingerprint density at radius 3 is 2.35 bits per heavy atom. The zero-order chi connectivity index (χ0) is 19.5. The van der Waals surface area contributed by atoms with Gasteiger partial charge in [0.15, 0.2) is 12.4 Å². The predicted molar refractivity (Wildman–Crippen MR) is 89.4 cm³/mol. The van der Waals surface area contributed by atoms with E-state index in [2.05, 4.69) is 10.3 Å². The van der Waals surface area contributed by atoms with Crippen LogP contribution in [-0.2, 0) is 15.7 Å². The number of esters is 1. The number of anilines is 1. The van der Waals surface area contributed by atoms with Crippen molar-refractivity contribution in [1.29, 1.82) is 0 Å². The number of aryl methyl sites for hydroxylation is 1. The van der Waals surface area contributed by atoms with Crippen LogP contribution < -0.4 is 5.32 Å². The van der Waals surface area contributed by atoms with Gasteiger partial charge in [0.25, 0.3) is 5.91 Å². The number of alkyl halides is 3. The second kappa shape index (κ2) is 7.92. The van der Waals surface area contributed by atoms with Gasteiger partial charge in [0.05, 0.1) is 26.9 Å². The van der Waals surface area contributed by atoms with Crippen LogP contribution in [0.2, 0.25) is 10.0 Å². The fraction of sp³-hybridized carbons (Fsp3) is 0.188. The molecule has 1 aromatic heterocycles. The summed E-state index contributed by atoms with van der Waals surface area (Å²) < 4.78 is 42.2. The van der Waals surface area contributed by atoms with Crippen molar-refractivity contribution in [3.05, 3.63) is 57.2 Å². The van der Waals surface area contributed by atoms with Crippen molar-refractivity contribution in [2.45, 2.75) is 13.1 Å². The molecule has 0 bridgehead atoms. The molecule has 2 aromatic rings. The average molecular weight is 407 g/mol. The van der Waals surface area contributed by atoms with E-state index in [1.165, 1.54) is 6.07 Å². The van der Waals surface area contributed by atoms with Crippen LogP contribution in [0, 0.1) is 6.92 Å². The monoisotopic (exact) mass is 406 g/mol. The number of nitrogens with one attached hydrogen (secondary N) is 1. The number of hydrogen-bond donors (Lipinski definition) is 1. The summed E-state index contributed by atoms with van der Waals surface area (Å²) in [5.41, 5.74) is -0.581. The maximum Gasteiger partial charge on any atom is 0.416 e. The van der Waals surface area contributed by atoms with Gasteiger partial charge in [0, 0.05) is 0 Å². The normalized spacial score (nSPS) is 11.2. The molecule has 138 valence electrons. The largest absolute Gasteiger partial charge is 0.452 e. The molecule has 1 aromatic carbocycles. The number of rotatable bonds is 4. The predicted octanol–water partition coefficient (Wildman–Crippen LogP) is 4.51. The first-order valence-corrected chi connectivity index (χ1v) is 7.80. The summed E-state index contributed by atoms with van der Waals surface area (Å²) in [5, 5.41) is 2.77. The number of halogens is 5. The van der Waals surface area contributed by atoms with Crippen molar-refractivity contribution < 1.29 is 27.5 Å². The van der Waals surface area contributed by atoms with Gasteiger partial charge in [-0.1, -0.05) is 23.2 Å². The molecule has 0 aliphatic heterocycles. The van der Waals surface area contributed by atoms with E-state index in [9.17, 15) is 22.8 Å².